The van der Waals surface area contributed by atoms with Gasteiger partial charge in [0.2, 0.25) is 0 Å². The first-order valence-corrected chi connectivity index (χ1v) is 10.2. The molecule has 1 aliphatic rings. The Morgan fingerprint density at radius 3 is 2.62 bits per heavy atom. The van der Waals surface area contributed by atoms with Gasteiger partial charge in [-0.3, -0.25) is 4.98 Å². The SMILES string of the molecule is C[C@]1(CO)O[C@H](n2cc(-c3ccccc3)c3c(Nc4cccnc4)ncnc32)[C@@H](O)[C@H]1O. The summed E-state index contributed by atoms with van der Waals surface area (Å²) < 4.78 is 7.63. The maximum atomic E-state index is 10.7. The average molecular weight is 433 g/mol. The fourth-order valence-electron chi connectivity index (χ4n) is 4.07. The Balaban J connectivity index is 1.70. The zero-order valence-corrected chi connectivity index (χ0v) is 17.3. The number of rotatable bonds is 5. The molecule has 9 nitrogen and oxygen atoms in total. The van der Waals surface area contributed by atoms with Gasteiger partial charge in [0.15, 0.2) is 6.23 Å². The van der Waals surface area contributed by atoms with Crippen LogP contribution in [0.1, 0.15) is 13.2 Å². The summed E-state index contributed by atoms with van der Waals surface area (Å²) in [7, 11) is 0. The van der Waals surface area contributed by atoms with E-state index in [0.29, 0.717) is 11.5 Å². The highest BCUT2D eigenvalue weighted by molar-refractivity contribution is 6.02. The first-order valence-electron chi connectivity index (χ1n) is 10.2. The highest BCUT2D eigenvalue weighted by Gasteiger charge is 2.52. The summed E-state index contributed by atoms with van der Waals surface area (Å²) in [5, 5.41) is 35.0. The topological polar surface area (TPSA) is 126 Å². The minimum Gasteiger partial charge on any atom is -0.393 e. The lowest BCUT2D eigenvalue weighted by atomic mass is 9.99. The lowest BCUT2D eigenvalue weighted by molar-refractivity contribution is -0.115. The molecule has 0 bridgehead atoms. The number of aliphatic hydroxyl groups is 3. The van der Waals surface area contributed by atoms with Crippen LogP contribution in [0, 0.1) is 0 Å². The van der Waals surface area contributed by atoms with Crippen molar-refractivity contribution in [2.24, 2.45) is 0 Å². The zero-order valence-electron chi connectivity index (χ0n) is 17.3. The quantitative estimate of drug-likeness (QED) is 0.378. The third kappa shape index (κ3) is 3.32. The van der Waals surface area contributed by atoms with Crippen LogP contribution < -0.4 is 5.32 Å². The van der Waals surface area contributed by atoms with E-state index in [0.717, 1.165) is 22.2 Å². The van der Waals surface area contributed by atoms with Crippen LogP contribution in [0.4, 0.5) is 11.5 Å². The maximum Gasteiger partial charge on any atom is 0.164 e. The molecule has 1 saturated heterocycles. The van der Waals surface area contributed by atoms with Crippen LogP contribution in [0.3, 0.4) is 0 Å². The molecule has 3 aromatic heterocycles. The number of nitrogens with zero attached hydrogens (tertiary/aromatic N) is 4. The van der Waals surface area contributed by atoms with Crippen molar-refractivity contribution in [3.8, 4) is 11.1 Å². The number of hydrogen-bond acceptors (Lipinski definition) is 8. The van der Waals surface area contributed by atoms with Gasteiger partial charge >= 0.3 is 0 Å². The van der Waals surface area contributed by atoms with Crippen LogP contribution in [-0.4, -0.2) is 59.3 Å². The maximum absolute atomic E-state index is 10.7. The smallest absolute Gasteiger partial charge is 0.164 e. The Bertz CT molecular complexity index is 1230. The third-order valence-electron chi connectivity index (χ3n) is 5.84. The standard InChI is InChI=1S/C23H23N5O4/c1-23(12-29)19(31)18(30)22(32-23)28-11-16(14-6-3-2-4-7-14)17-20(25-13-26-21(17)28)27-15-8-5-9-24-10-15/h2-11,13,18-19,22,29-31H,12H2,1H3,(H,25,26,27)/t18-,19+,22-,23+/m0/s1. The van der Waals surface area contributed by atoms with E-state index in [2.05, 4.69) is 20.3 Å². The van der Waals surface area contributed by atoms with Crippen molar-refractivity contribution in [2.45, 2.75) is 31.0 Å². The van der Waals surface area contributed by atoms with E-state index in [1.165, 1.54) is 6.33 Å². The first-order chi connectivity index (χ1) is 15.5. The summed E-state index contributed by atoms with van der Waals surface area (Å²) in [6.45, 7) is 1.13. The van der Waals surface area contributed by atoms with Crippen LogP contribution in [0.2, 0.25) is 0 Å². The molecule has 1 aromatic carbocycles. The number of nitrogens with one attached hydrogen (secondary N) is 1. The number of aromatic nitrogens is 4. The van der Waals surface area contributed by atoms with Gasteiger partial charge < -0.3 is 29.9 Å². The highest BCUT2D eigenvalue weighted by atomic mass is 16.6. The predicted octanol–water partition coefficient (Wildman–Crippen LogP) is 2.24. The van der Waals surface area contributed by atoms with E-state index in [1.54, 1.807) is 23.9 Å². The normalized spacial score (nSPS) is 25.3. The molecule has 1 fully saturated rings. The lowest BCUT2D eigenvalue weighted by Crippen LogP contribution is -2.43. The number of ether oxygens (including phenoxy) is 1. The number of hydrogen-bond donors (Lipinski definition) is 4. The Morgan fingerprint density at radius 1 is 1.12 bits per heavy atom. The molecule has 0 unspecified atom stereocenters. The molecule has 0 aliphatic carbocycles. The first kappa shape index (κ1) is 20.5. The van der Waals surface area contributed by atoms with Crippen molar-refractivity contribution in [2.75, 3.05) is 11.9 Å². The summed E-state index contributed by atoms with van der Waals surface area (Å²) in [5.41, 5.74) is 1.74. The minimum atomic E-state index is -1.29. The van der Waals surface area contributed by atoms with Gasteiger partial charge in [-0.05, 0) is 24.6 Å². The number of anilines is 2. The number of benzene rings is 1. The fourth-order valence-corrected chi connectivity index (χ4v) is 4.07. The predicted molar refractivity (Wildman–Crippen MR) is 118 cm³/mol. The van der Waals surface area contributed by atoms with Gasteiger partial charge in [0.05, 0.1) is 23.9 Å². The molecule has 164 valence electrons. The summed E-state index contributed by atoms with van der Waals surface area (Å²) in [4.78, 5) is 13.1. The number of pyridine rings is 1. The Kier molecular flexibility index (Phi) is 5.10. The van der Waals surface area contributed by atoms with Crippen LogP contribution in [0.5, 0.6) is 0 Å². The molecule has 9 heteroatoms. The largest absolute Gasteiger partial charge is 0.393 e. The Morgan fingerprint density at radius 2 is 1.94 bits per heavy atom. The van der Waals surface area contributed by atoms with Gasteiger partial charge in [-0.1, -0.05) is 30.3 Å². The van der Waals surface area contributed by atoms with Crippen molar-refractivity contribution in [1.82, 2.24) is 19.5 Å². The molecule has 32 heavy (non-hydrogen) atoms. The van der Waals surface area contributed by atoms with E-state index in [-0.39, 0.29) is 0 Å². The van der Waals surface area contributed by atoms with Crippen molar-refractivity contribution in [3.05, 3.63) is 67.4 Å². The van der Waals surface area contributed by atoms with Crippen molar-refractivity contribution < 1.29 is 20.1 Å². The van der Waals surface area contributed by atoms with Crippen molar-refractivity contribution in [3.63, 3.8) is 0 Å². The second-order valence-electron chi connectivity index (χ2n) is 8.02. The van der Waals surface area contributed by atoms with E-state index in [9.17, 15) is 15.3 Å². The molecule has 1 aliphatic heterocycles. The lowest BCUT2D eigenvalue weighted by Gasteiger charge is -2.24. The van der Waals surface area contributed by atoms with E-state index < -0.39 is 30.6 Å². The third-order valence-corrected chi connectivity index (χ3v) is 5.84. The molecule has 4 N–H and O–H groups in total. The molecular formula is C23H23N5O4. The molecule has 4 atom stereocenters. The molecule has 5 rings (SSSR count). The van der Waals surface area contributed by atoms with Crippen LogP contribution in [0.25, 0.3) is 22.2 Å². The van der Waals surface area contributed by atoms with E-state index in [4.69, 9.17) is 4.74 Å². The second-order valence-corrected chi connectivity index (χ2v) is 8.02. The Labute approximate surface area is 184 Å². The molecule has 4 aromatic rings. The van der Waals surface area contributed by atoms with Gasteiger partial charge in [-0.2, -0.15) is 0 Å². The van der Waals surface area contributed by atoms with Crippen LogP contribution in [0.15, 0.2) is 67.4 Å². The van der Waals surface area contributed by atoms with Crippen LogP contribution in [-0.2, 0) is 4.74 Å². The van der Waals surface area contributed by atoms with Crippen LogP contribution >= 0.6 is 0 Å². The molecular weight excluding hydrogens is 410 g/mol. The van der Waals surface area contributed by atoms with E-state index >= 15 is 0 Å². The van der Waals surface area contributed by atoms with Gasteiger partial charge in [-0.25, -0.2) is 9.97 Å². The fraction of sp³-hybridized carbons (Fsp3) is 0.261. The number of aliphatic hydroxyl groups excluding tert-OH is 3. The van der Waals surface area contributed by atoms with Gasteiger partial charge in [0, 0.05) is 18.0 Å². The Hall–Kier alpha value is -3.37. The molecule has 0 saturated carbocycles. The summed E-state index contributed by atoms with van der Waals surface area (Å²) in [6, 6.07) is 13.4. The van der Waals surface area contributed by atoms with Crippen molar-refractivity contribution >= 4 is 22.5 Å². The summed E-state index contributed by atoms with van der Waals surface area (Å²) >= 11 is 0. The van der Waals surface area contributed by atoms with Gasteiger partial charge in [0.1, 0.15) is 35.6 Å². The molecule has 4 heterocycles. The second kappa shape index (κ2) is 7.95. The summed E-state index contributed by atoms with van der Waals surface area (Å²) in [5.74, 6) is 0.568. The average Bonchev–Trinajstić information content (AvgIpc) is 3.33. The zero-order chi connectivity index (χ0) is 22.3. The number of fused-ring (bicyclic) bond motifs is 1. The molecule has 0 spiro atoms. The van der Waals surface area contributed by atoms with Gasteiger partial charge in [-0.15, -0.1) is 0 Å². The molecule has 0 amide bonds. The monoisotopic (exact) mass is 433 g/mol. The minimum absolute atomic E-state index is 0.435. The van der Waals surface area contributed by atoms with E-state index in [1.807, 2.05) is 48.7 Å². The highest BCUT2D eigenvalue weighted by Crippen LogP contribution is 2.42. The molecule has 0 radical (unpaired) electrons. The summed E-state index contributed by atoms with van der Waals surface area (Å²) in [6.07, 6.45) is 3.18. The van der Waals surface area contributed by atoms with Crippen molar-refractivity contribution in [1.29, 1.82) is 0 Å². The van der Waals surface area contributed by atoms with Gasteiger partial charge in [0.25, 0.3) is 0 Å².